The second-order valence-corrected chi connectivity index (χ2v) is 6.59. The molecule has 0 saturated carbocycles. The lowest BCUT2D eigenvalue weighted by Gasteiger charge is -2.32. The van der Waals surface area contributed by atoms with Crippen molar-refractivity contribution in [3.05, 3.63) is 36.7 Å². The van der Waals surface area contributed by atoms with Gasteiger partial charge >= 0.3 is 7.12 Å². The van der Waals surface area contributed by atoms with Gasteiger partial charge in [0.05, 0.1) is 11.2 Å². The minimum atomic E-state index is -0.296. The third-order valence-corrected chi connectivity index (χ3v) is 4.47. The highest BCUT2D eigenvalue weighted by Crippen LogP contribution is 2.36. The van der Waals surface area contributed by atoms with Gasteiger partial charge in [-0.3, -0.25) is 0 Å². The van der Waals surface area contributed by atoms with Crippen LogP contribution in [0.1, 0.15) is 27.7 Å². The lowest BCUT2D eigenvalue weighted by atomic mass is 9.78. The number of nitrogens with zero attached hydrogens (tertiary/aromatic N) is 1. The second-order valence-electron chi connectivity index (χ2n) is 6.59. The largest absolute Gasteiger partial charge is 1.00 e. The van der Waals surface area contributed by atoms with Crippen molar-refractivity contribution in [3.63, 3.8) is 0 Å². The Balaban J connectivity index is 0.00000161. The van der Waals surface area contributed by atoms with Gasteiger partial charge in [0.15, 0.2) is 12.4 Å². The maximum atomic E-state index is 6.10. The summed E-state index contributed by atoms with van der Waals surface area (Å²) in [7, 11) is 1.74. The fraction of sp³-hybridized carbons (Fsp3) is 0.438. The van der Waals surface area contributed by atoms with Gasteiger partial charge in [-0.05, 0) is 44.6 Å². The van der Waals surface area contributed by atoms with Crippen molar-refractivity contribution in [1.82, 2.24) is 0 Å². The van der Waals surface area contributed by atoms with Crippen LogP contribution in [-0.2, 0) is 16.4 Å². The second kappa shape index (κ2) is 5.52. The minimum absolute atomic E-state index is 0. The molecule has 1 saturated heterocycles. The van der Waals surface area contributed by atoms with Crippen LogP contribution in [0.2, 0.25) is 0 Å². The fourth-order valence-electron chi connectivity index (χ4n) is 2.44. The van der Waals surface area contributed by atoms with Gasteiger partial charge in [0.2, 0.25) is 0 Å². The number of aromatic nitrogens is 1. The van der Waals surface area contributed by atoms with Crippen molar-refractivity contribution in [2.75, 3.05) is 0 Å². The molecule has 0 amide bonds. The number of aryl methyl sites for hydroxylation is 1. The van der Waals surface area contributed by atoms with Gasteiger partial charge in [-0.15, -0.1) is 0 Å². The summed E-state index contributed by atoms with van der Waals surface area (Å²) in [5, 5.41) is 2.42. The van der Waals surface area contributed by atoms with Crippen LogP contribution in [0.4, 0.5) is 0 Å². The lowest BCUT2D eigenvalue weighted by molar-refractivity contribution is -0.670. The molecule has 0 aliphatic carbocycles. The van der Waals surface area contributed by atoms with Gasteiger partial charge in [0.25, 0.3) is 0 Å². The minimum Gasteiger partial charge on any atom is -1.00 e. The number of rotatable bonds is 1. The number of benzene rings is 1. The molecule has 1 aromatic carbocycles. The summed E-state index contributed by atoms with van der Waals surface area (Å²) >= 11 is 0. The van der Waals surface area contributed by atoms with Crippen LogP contribution in [0.3, 0.4) is 0 Å². The SMILES string of the molecule is C[n+]1ccc2cc(B3OC(C)(C)C(C)(C)O3)ccc2c1.[I-]. The summed E-state index contributed by atoms with van der Waals surface area (Å²) in [6, 6.07) is 8.47. The van der Waals surface area contributed by atoms with Crippen LogP contribution in [-0.4, -0.2) is 18.3 Å². The van der Waals surface area contributed by atoms with E-state index in [1.54, 1.807) is 0 Å². The zero-order valence-corrected chi connectivity index (χ0v) is 15.3. The first-order valence-corrected chi connectivity index (χ1v) is 7.03. The summed E-state index contributed by atoms with van der Waals surface area (Å²) in [6.07, 6.45) is 4.17. The Morgan fingerprint density at radius 2 is 1.57 bits per heavy atom. The van der Waals surface area contributed by atoms with E-state index in [4.69, 9.17) is 9.31 Å². The molecule has 0 atom stereocenters. The van der Waals surface area contributed by atoms with Crippen LogP contribution < -0.4 is 34.0 Å². The van der Waals surface area contributed by atoms with Gasteiger partial charge in [-0.25, -0.2) is 4.57 Å². The quantitative estimate of drug-likeness (QED) is 0.349. The molecule has 0 bridgehead atoms. The molecule has 3 rings (SSSR count). The zero-order valence-electron chi connectivity index (χ0n) is 13.2. The van der Waals surface area contributed by atoms with Crippen LogP contribution in [0.25, 0.3) is 10.8 Å². The van der Waals surface area contributed by atoms with Crippen molar-refractivity contribution >= 4 is 23.4 Å². The van der Waals surface area contributed by atoms with Crippen LogP contribution in [0.15, 0.2) is 36.7 Å². The first kappa shape index (κ1) is 16.7. The summed E-state index contributed by atoms with van der Waals surface area (Å²) in [5.41, 5.74) is 0.482. The standard InChI is InChI=1S/C16H21BNO2.HI/c1-15(2)16(3,4)20-17(19-15)14-7-6-13-11-18(5)9-8-12(13)10-14;/h6-11H,1-5H3;1H/q+1;/p-1. The van der Waals surface area contributed by atoms with E-state index in [-0.39, 0.29) is 42.3 Å². The highest BCUT2D eigenvalue weighted by atomic mass is 127. The van der Waals surface area contributed by atoms with E-state index in [1.165, 1.54) is 10.8 Å². The number of hydrogen-bond acceptors (Lipinski definition) is 2. The zero-order chi connectivity index (χ0) is 14.5. The Labute approximate surface area is 143 Å². The molecule has 1 aliphatic rings. The first-order valence-electron chi connectivity index (χ1n) is 7.03. The van der Waals surface area contributed by atoms with Gasteiger partial charge < -0.3 is 33.3 Å². The smallest absolute Gasteiger partial charge is 0.494 e. The van der Waals surface area contributed by atoms with Crippen molar-refractivity contribution in [3.8, 4) is 0 Å². The summed E-state index contributed by atoms with van der Waals surface area (Å²) in [6.45, 7) is 8.31. The normalized spacial score (nSPS) is 19.6. The van der Waals surface area contributed by atoms with Crippen molar-refractivity contribution in [1.29, 1.82) is 0 Å². The van der Waals surface area contributed by atoms with E-state index in [2.05, 4.69) is 68.9 Å². The Bertz CT molecular complexity index is 656. The van der Waals surface area contributed by atoms with E-state index in [1.807, 2.05) is 7.05 Å². The molecule has 0 unspecified atom stereocenters. The fourth-order valence-corrected chi connectivity index (χ4v) is 2.44. The molecule has 1 fully saturated rings. The van der Waals surface area contributed by atoms with E-state index < -0.39 is 0 Å². The predicted molar refractivity (Wildman–Crippen MR) is 80.8 cm³/mol. The van der Waals surface area contributed by atoms with E-state index in [0.29, 0.717) is 0 Å². The Morgan fingerprint density at radius 1 is 0.952 bits per heavy atom. The van der Waals surface area contributed by atoms with Crippen LogP contribution >= 0.6 is 0 Å². The topological polar surface area (TPSA) is 22.3 Å². The molecular formula is C16H21BINO2. The number of fused-ring (bicyclic) bond motifs is 1. The molecule has 112 valence electrons. The number of halogens is 1. The number of hydrogen-bond donors (Lipinski definition) is 0. The third-order valence-electron chi connectivity index (χ3n) is 4.47. The third kappa shape index (κ3) is 2.96. The molecule has 3 nitrogen and oxygen atoms in total. The lowest BCUT2D eigenvalue weighted by Crippen LogP contribution is -3.00. The average Bonchev–Trinajstić information content (AvgIpc) is 2.58. The van der Waals surface area contributed by atoms with Crippen LogP contribution in [0, 0.1) is 0 Å². The maximum absolute atomic E-state index is 6.10. The highest BCUT2D eigenvalue weighted by molar-refractivity contribution is 6.62. The van der Waals surface area contributed by atoms with Crippen molar-refractivity contribution in [2.45, 2.75) is 38.9 Å². The van der Waals surface area contributed by atoms with Gasteiger partial charge in [-0.2, -0.15) is 0 Å². The summed E-state index contributed by atoms with van der Waals surface area (Å²) < 4.78 is 14.2. The van der Waals surface area contributed by atoms with E-state index >= 15 is 0 Å². The Kier molecular flexibility index (Phi) is 4.39. The maximum Gasteiger partial charge on any atom is 0.494 e. The molecule has 0 spiro atoms. The molecule has 2 aromatic rings. The van der Waals surface area contributed by atoms with Crippen LogP contribution in [0.5, 0.6) is 0 Å². The van der Waals surface area contributed by atoms with Gasteiger partial charge in [0, 0.05) is 11.5 Å². The molecule has 1 aliphatic heterocycles. The first-order chi connectivity index (χ1) is 9.28. The van der Waals surface area contributed by atoms with Crippen molar-refractivity contribution < 1.29 is 37.9 Å². The highest BCUT2D eigenvalue weighted by Gasteiger charge is 2.51. The molecule has 21 heavy (non-hydrogen) atoms. The summed E-state index contributed by atoms with van der Waals surface area (Å²) in [4.78, 5) is 0. The summed E-state index contributed by atoms with van der Waals surface area (Å²) in [5.74, 6) is 0. The average molecular weight is 397 g/mol. The van der Waals surface area contributed by atoms with E-state index in [0.717, 1.165) is 5.46 Å². The molecule has 0 N–H and O–H groups in total. The molecule has 0 radical (unpaired) electrons. The van der Waals surface area contributed by atoms with Gasteiger partial charge in [0.1, 0.15) is 7.05 Å². The Morgan fingerprint density at radius 3 is 2.19 bits per heavy atom. The molecule has 5 heteroatoms. The van der Waals surface area contributed by atoms with E-state index in [9.17, 15) is 0 Å². The predicted octanol–water partition coefficient (Wildman–Crippen LogP) is -1.03. The number of pyridine rings is 1. The molecule has 2 heterocycles. The van der Waals surface area contributed by atoms with Gasteiger partial charge in [-0.1, -0.05) is 12.1 Å². The molecule has 1 aromatic heterocycles. The Hall–Kier alpha value is -0.655. The van der Waals surface area contributed by atoms with Crippen molar-refractivity contribution in [2.24, 2.45) is 7.05 Å². The monoisotopic (exact) mass is 397 g/mol. The molecular weight excluding hydrogens is 376 g/mol.